The summed E-state index contributed by atoms with van der Waals surface area (Å²) in [7, 11) is 4.77. The largest absolute Gasteiger partial charge is 0.492 e. The second-order valence-corrected chi connectivity index (χ2v) is 6.90. The summed E-state index contributed by atoms with van der Waals surface area (Å²) in [5.74, 6) is 0.780. The van der Waals surface area contributed by atoms with Gasteiger partial charge in [-0.15, -0.1) is 0 Å². The van der Waals surface area contributed by atoms with Crippen molar-refractivity contribution in [1.82, 2.24) is 23.6 Å². The number of para-hydroxylation sites is 1. The standard InChI is InChI=1S/C20H25N5O4/c1-22(12-13-29-15-8-5-4-6-9-15)16(26)10-7-11-25-14-21-18-17(25)19(27)24(3)20(28)23(18)2/h4-6,8-9,14H,7,10-13H2,1-3H3. The van der Waals surface area contributed by atoms with Gasteiger partial charge in [0, 0.05) is 34.1 Å². The first-order chi connectivity index (χ1) is 13.9. The lowest BCUT2D eigenvalue weighted by atomic mass is 10.2. The minimum Gasteiger partial charge on any atom is -0.492 e. The molecule has 9 nitrogen and oxygen atoms in total. The highest BCUT2D eigenvalue weighted by molar-refractivity contribution is 5.75. The molecule has 29 heavy (non-hydrogen) atoms. The number of fused-ring (bicyclic) bond motifs is 1. The van der Waals surface area contributed by atoms with E-state index in [0.717, 1.165) is 10.3 Å². The lowest BCUT2D eigenvalue weighted by Gasteiger charge is -2.17. The van der Waals surface area contributed by atoms with E-state index in [1.54, 1.807) is 23.6 Å². The van der Waals surface area contributed by atoms with Gasteiger partial charge in [0.1, 0.15) is 12.4 Å². The summed E-state index contributed by atoms with van der Waals surface area (Å²) in [4.78, 5) is 42.6. The Labute approximate surface area is 167 Å². The predicted molar refractivity (Wildman–Crippen MR) is 109 cm³/mol. The van der Waals surface area contributed by atoms with E-state index in [1.807, 2.05) is 30.3 Å². The van der Waals surface area contributed by atoms with Crippen molar-refractivity contribution in [2.45, 2.75) is 19.4 Å². The van der Waals surface area contributed by atoms with Crippen LogP contribution in [0, 0.1) is 0 Å². The first-order valence-corrected chi connectivity index (χ1v) is 9.43. The maximum atomic E-state index is 12.4. The quantitative estimate of drug-likeness (QED) is 0.558. The minimum atomic E-state index is -0.415. The van der Waals surface area contributed by atoms with Crippen molar-refractivity contribution in [3.63, 3.8) is 0 Å². The molecule has 9 heteroatoms. The fourth-order valence-electron chi connectivity index (χ4n) is 3.10. The van der Waals surface area contributed by atoms with Gasteiger partial charge >= 0.3 is 5.69 Å². The van der Waals surface area contributed by atoms with E-state index >= 15 is 0 Å². The monoisotopic (exact) mass is 399 g/mol. The van der Waals surface area contributed by atoms with Gasteiger partial charge in [-0.3, -0.25) is 18.7 Å². The molecule has 0 atom stereocenters. The van der Waals surface area contributed by atoms with Crippen molar-refractivity contribution in [2.24, 2.45) is 14.1 Å². The van der Waals surface area contributed by atoms with E-state index in [2.05, 4.69) is 4.98 Å². The number of carbonyl (C=O) groups excluding carboxylic acids is 1. The van der Waals surface area contributed by atoms with Crippen LogP contribution in [-0.2, 0) is 25.4 Å². The Morgan fingerprint density at radius 1 is 1.14 bits per heavy atom. The average Bonchev–Trinajstić information content (AvgIpc) is 3.15. The highest BCUT2D eigenvalue weighted by Gasteiger charge is 2.15. The molecule has 3 rings (SSSR count). The Kier molecular flexibility index (Phi) is 6.16. The molecule has 1 amide bonds. The van der Waals surface area contributed by atoms with Crippen molar-refractivity contribution >= 4 is 17.1 Å². The molecular weight excluding hydrogens is 374 g/mol. The number of hydrogen-bond donors (Lipinski definition) is 0. The van der Waals surface area contributed by atoms with Gasteiger partial charge in [-0.05, 0) is 18.6 Å². The smallest absolute Gasteiger partial charge is 0.332 e. The molecule has 0 bridgehead atoms. The van der Waals surface area contributed by atoms with Crippen LogP contribution < -0.4 is 16.0 Å². The minimum absolute atomic E-state index is 0.00591. The first-order valence-electron chi connectivity index (χ1n) is 9.43. The van der Waals surface area contributed by atoms with Gasteiger partial charge < -0.3 is 14.2 Å². The number of hydrogen-bond acceptors (Lipinski definition) is 5. The summed E-state index contributed by atoms with van der Waals surface area (Å²) in [6.45, 7) is 1.37. The fourth-order valence-corrected chi connectivity index (χ4v) is 3.10. The van der Waals surface area contributed by atoms with Gasteiger partial charge in [0.25, 0.3) is 5.56 Å². The Hall–Kier alpha value is -3.36. The summed E-state index contributed by atoms with van der Waals surface area (Å²) in [6.07, 6.45) is 2.43. The molecular formula is C20H25N5O4. The maximum Gasteiger partial charge on any atom is 0.332 e. The van der Waals surface area contributed by atoms with Crippen LogP contribution in [0.4, 0.5) is 0 Å². The number of likely N-dealkylation sites (N-methyl/N-ethyl adjacent to an activating group) is 1. The van der Waals surface area contributed by atoms with Gasteiger partial charge in [0.15, 0.2) is 11.2 Å². The number of amides is 1. The molecule has 0 aliphatic carbocycles. The van der Waals surface area contributed by atoms with Crippen LogP contribution in [0.3, 0.4) is 0 Å². The number of rotatable bonds is 8. The number of carbonyl (C=O) groups is 1. The molecule has 0 saturated carbocycles. The molecule has 2 aromatic heterocycles. The molecule has 0 aliphatic heterocycles. The van der Waals surface area contributed by atoms with Gasteiger partial charge in [-0.25, -0.2) is 9.78 Å². The molecule has 0 unspecified atom stereocenters. The highest BCUT2D eigenvalue weighted by atomic mass is 16.5. The summed E-state index contributed by atoms with van der Waals surface area (Å²) in [5.41, 5.74) is -0.0874. The molecule has 0 spiro atoms. The van der Waals surface area contributed by atoms with Crippen LogP contribution in [0.15, 0.2) is 46.2 Å². The summed E-state index contributed by atoms with van der Waals surface area (Å²) in [5, 5.41) is 0. The molecule has 0 fully saturated rings. The molecule has 3 aromatic rings. The maximum absolute atomic E-state index is 12.4. The zero-order valence-electron chi connectivity index (χ0n) is 16.9. The van der Waals surface area contributed by atoms with E-state index in [1.165, 1.54) is 17.9 Å². The highest BCUT2D eigenvalue weighted by Crippen LogP contribution is 2.09. The average molecular weight is 399 g/mol. The molecule has 0 N–H and O–H groups in total. The number of benzene rings is 1. The predicted octanol–water partition coefficient (Wildman–Crippen LogP) is 0.751. The van der Waals surface area contributed by atoms with Crippen molar-refractivity contribution in [2.75, 3.05) is 20.2 Å². The molecule has 1 aromatic carbocycles. The van der Waals surface area contributed by atoms with Gasteiger partial charge in [0.05, 0.1) is 12.9 Å². The fraction of sp³-hybridized carbons (Fsp3) is 0.400. The third-order valence-corrected chi connectivity index (χ3v) is 4.87. The van der Waals surface area contributed by atoms with Crippen molar-refractivity contribution < 1.29 is 9.53 Å². The van der Waals surface area contributed by atoms with Crippen molar-refractivity contribution in [3.8, 4) is 5.75 Å². The lowest BCUT2D eigenvalue weighted by Crippen LogP contribution is -2.37. The van der Waals surface area contributed by atoms with Crippen LogP contribution in [0.2, 0.25) is 0 Å². The van der Waals surface area contributed by atoms with Crippen LogP contribution in [0.5, 0.6) is 5.75 Å². The normalized spacial score (nSPS) is 11.0. The van der Waals surface area contributed by atoms with Crippen LogP contribution >= 0.6 is 0 Å². The van der Waals surface area contributed by atoms with Crippen LogP contribution in [-0.4, -0.2) is 49.7 Å². The van der Waals surface area contributed by atoms with Gasteiger partial charge in [-0.1, -0.05) is 18.2 Å². The van der Waals surface area contributed by atoms with E-state index in [-0.39, 0.29) is 11.5 Å². The topological polar surface area (TPSA) is 91.4 Å². The first kappa shape index (κ1) is 20.4. The Balaban J connectivity index is 1.54. The Morgan fingerprint density at radius 2 is 1.86 bits per heavy atom. The van der Waals surface area contributed by atoms with Crippen molar-refractivity contribution in [3.05, 3.63) is 57.5 Å². The number of aromatic nitrogens is 4. The number of imidazole rings is 1. The number of nitrogens with zero attached hydrogens (tertiary/aromatic N) is 5. The molecule has 0 aliphatic rings. The van der Waals surface area contributed by atoms with E-state index in [4.69, 9.17) is 4.74 Å². The Bertz CT molecular complexity index is 1110. The summed E-state index contributed by atoms with van der Waals surface area (Å²) >= 11 is 0. The van der Waals surface area contributed by atoms with E-state index in [9.17, 15) is 14.4 Å². The zero-order chi connectivity index (χ0) is 21.0. The van der Waals surface area contributed by atoms with Crippen molar-refractivity contribution in [1.29, 1.82) is 0 Å². The summed E-state index contributed by atoms with van der Waals surface area (Å²) in [6, 6.07) is 9.46. The van der Waals surface area contributed by atoms with Crippen LogP contribution in [0.25, 0.3) is 11.2 Å². The molecule has 2 heterocycles. The van der Waals surface area contributed by atoms with E-state index in [0.29, 0.717) is 43.7 Å². The van der Waals surface area contributed by atoms with E-state index < -0.39 is 5.69 Å². The molecule has 0 radical (unpaired) electrons. The number of ether oxygens (including phenoxy) is 1. The number of aryl methyl sites for hydroxylation is 2. The zero-order valence-corrected chi connectivity index (χ0v) is 16.9. The lowest BCUT2D eigenvalue weighted by molar-refractivity contribution is -0.130. The Morgan fingerprint density at radius 3 is 2.59 bits per heavy atom. The summed E-state index contributed by atoms with van der Waals surface area (Å²) < 4.78 is 9.72. The van der Waals surface area contributed by atoms with Gasteiger partial charge in [0.2, 0.25) is 5.91 Å². The molecule has 0 saturated heterocycles. The third kappa shape index (κ3) is 4.39. The van der Waals surface area contributed by atoms with Gasteiger partial charge in [-0.2, -0.15) is 0 Å². The second kappa shape index (κ2) is 8.76. The van der Waals surface area contributed by atoms with Crippen LogP contribution in [0.1, 0.15) is 12.8 Å². The third-order valence-electron chi connectivity index (χ3n) is 4.87. The second-order valence-electron chi connectivity index (χ2n) is 6.90. The molecule has 154 valence electrons. The SMILES string of the molecule is CN(CCOc1ccccc1)C(=O)CCCn1cnc2c1c(=O)n(C)c(=O)n2C.